The molecule has 1 aliphatic carbocycles. The highest BCUT2D eigenvalue weighted by Crippen LogP contribution is 2.32. The highest BCUT2D eigenvalue weighted by atomic mass is 15.1. The summed E-state index contributed by atoms with van der Waals surface area (Å²) < 4.78 is 0. The minimum Gasteiger partial charge on any atom is -0.316 e. The topological polar surface area (TPSA) is 15.3 Å². The Bertz CT molecular complexity index is 203. The molecule has 0 unspecified atom stereocenters. The zero-order valence-corrected chi connectivity index (χ0v) is 11.8. The summed E-state index contributed by atoms with van der Waals surface area (Å²) in [7, 11) is 0. The van der Waals surface area contributed by atoms with Crippen LogP contribution < -0.4 is 5.32 Å². The van der Waals surface area contributed by atoms with E-state index in [0.717, 1.165) is 17.8 Å². The van der Waals surface area contributed by atoms with Gasteiger partial charge in [0.25, 0.3) is 0 Å². The third-order valence-electron chi connectivity index (χ3n) is 4.24. The highest BCUT2D eigenvalue weighted by Gasteiger charge is 2.24. The minimum atomic E-state index is 0.786. The lowest BCUT2D eigenvalue weighted by molar-refractivity contribution is 0.177. The summed E-state index contributed by atoms with van der Waals surface area (Å²) in [6.07, 6.45) is 7.31. The predicted molar refractivity (Wildman–Crippen MR) is 74.2 cm³/mol. The van der Waals surface area contributed by atoms with E-state index >= 15 is 0 Å². The van der Waals surface area contributed by atoms with Gasteiger partial charge in [-0.3, -0.25) is 0 Å². The normalized spacial score (nSPS) is 23.5. The van der Waals surface area contributed by atoms with E-state index in [1.54, 1.807) is 0 Å². The predicted octanol–water partition coefficient (Wildman–Crippen LogP) is 2.74. The maximum atomic E-state index is 3.61. The largest absolute Gasteiger partial charge is 0.316 e. The van der Waals surface area contributed by atoms with Crippen LogP contribution in [0.25, 0.3) is 0 Å². The summed E-state index contributed by atoms with van der Waals surface area (Å²) in [6, 6.07) is 0. The first-order chi connectivity index (χ1) is 8.24. The fourth-order valence-electron chi connectivity index (χ4n) is 2.76. The van der Waals surface area contributed by atoms with Crippen LogP contribution in [0.3, 0.4) is 0 Å². The van der Waals surface area contributed by atoms with Crippen molar-refractivity contribution in [3.63, 3.8) is 0 Å². The molecule has 2 heteroatoms. The van der Waals surface area contributed by atoms with Gasteiger partial charge in [0.05, 0.1) is 0 Å². The summed E-state index contributed by atoms with van der Waals surface area (Å²) in [4.78, 5) is 2.69. The molecule has 0 bridgehead atoms. The van der Waals surface area contributed by atoms with Gasteiger partial charge in [-0.2, -0.15) is 0 Å². The summed E-state index contributed by atoms with van der Waals surface area (Å²) in [5, 5.41) is 3.61. The van der Waals surface area contributed by atoms with Crippen LogP contribution >= 0.6 is 0 Å². The van der Waals surface area contributed by atoms with Crippen LogP contribution in [0.2, 0.25) is 0 Å². The third kappa shape index (κ3) is 5.39. The average Bonchev–Trinajstić information content (AvgIpc) is 3.11. The zero-order valence-electron chi connectivity index (χ0n) is 11.8. The molecule has 1 saturated carbocycles. The molecular weight excluding hydrogens is 208 g/mol. The van der Waals surface area contributed by atoms with Crippen LogP contribution in [-0.4, -0.2) is 37.6 Å². The summed E-state index contributed by atoms with van der Waals surface area (Å²) in [5.74, 6) is 2.82. The van der Waals surface area contributed by atoms with Crippen molar-refractivity contribution in [3.8, 4) is 0 Å². The van der Waals surface area contributed by atoms with E-state index < -0.39 is 0 Å². The summed E-state index contributed by atoms with van der Waals surface area (Å²) >= 11 is 0. The standard InChI is InChI=1S/C15H30N2/c1-13(2)11-16-12-15-6-9-17(10-7-15)8-5-14-3-4-14/h13-16H,3-12H2,1-2H3. The number of rotatable bonds is 7. The lowest BCUT2D eigenvalue weighted by Crippen LogP contribution is -2.38. The van der Waals surface area contributed by atoms with Gasteiger partial charge >= 0.3 is 0 Å². The Morgan fingerprint density at radius 1 is 1.06 bits per heavy atom. The summed E-state index contributed by atoms with van der Waals surface area (Å²) in [6.45, 7) is 11.1. The van der Waals surface area contributed by atoms with Crippen molar-refractivity contribution in [3.05, 3.63) is 0 Å². The number of likely N-dealkylation sites (tertiary alicyclic amines) is 1. The van der Waals surface area contributed by atoms with Crippen LogP contribution in [0.15, 0.2) is 0 Å². The molecule has 1 N–H and O–H groups in total. The van der Waals surface area contributed by atoms with Crippen LogP contribution in [0.5, 0.6) is 0 Å². The Kier molecular flexibility index (Phi) is 5.30. The lowest BCUT2D eigenvalue weighted by atomic mass is 9.96. The molecule has 2 aliphatic rings. The zero-order chi connectivity index (χ0) is 12.1. The van der Waals surface area contributed by atoms with Crippen molar-refractivity contribution in [1.82, 2.24) is 10.2 Å². The third-order valence-corrected chi connectivity index (χ3v) is 4.24. The Hall–Kier alpha value is -0.0800. The molecule has 0 atom stereocenters. The average molecular weight is 238 g/mol. The second-order valence-electron chi connectivity index (χ2n) is 6.57. The number of nitrogens with zero attached hydrogens (tertiary/aromatic N) is 1. The molecule has 0 aromatic heterocycles. The quantitative estimate of drug-likeness (QED) is 0.733. The van der Waals surface area contributed by atoms with Crippen molar-refractivity contribution in [2.24, 2.45) is 17.8 Å². The van der Waals surface area contributed by atoms with E-state index in [9.17, 15) is 0 Å². The fourth-order valence-corrected chi connectivity index (χ4v) is 2.76. The Morgan fingerprint density at radius 3 is 2.35 bits per heavy atom. The van der Waals surface area contributed by atoms with Gasteiger partial charge in [-0.15, -0.1) is 0 Å². The minimum absolute atomic E-state index is 0.786. The van der Waals surface area contributed by atoms with E-state index in [-0.39, 0.29) is 0 Å². The first-order valence-corrected chi connectivity index (χ1v) is 7.67. The van der Waals surface area contributed by atoms with E-state index in [2.05, 4.69) is 24.1 Å². The molecule has 2 rings (SSSR count). The van der Waals surface area contributed by atoms with Gasteiger partial charge < -0.3 is 10.2 Å². The van der Waals surface area contributed by atoms with E-state index in [1.165, 1.54) is 64.8 Å². The molecule has 1 saturated heterocycles. The molecule has 0 aromatic rings. The molecular formula is C15H30N2. The Balaban J connectivity index is 1.50. The number of hydrogen-bond acceptors (Lipinski definition) is 2. The van der Waals surface area contributed by atoms with Crippen molar-refractivity contribution < 1.29 is 0 Å². The van der Waals surface area contributed by atoms with Gasteiger partial charge in [-0.05, 0) is 69.7 Å². The van der Waals surface area contributed by atoms with Crippen molar-refractivity contribution in [2.75, 3.05) is 32.7 Å². The number of nitrogens with one attached hydrogen (secondary N) is 1. The molecule has 1 heterocycles. The second-order valence-corrected chi connectivity index (χ2v) is 6.57. The van der Waals surface area contributed by atoms with E-state index in [0.29, 0.717) is 0 Å². The highest BCUT2D eigenvalue weighted by molar-refractivity contribution is 4.78. The first-order valence-electron chi connectivity index (χ1n) is 7.67. The molecule has 17 heavy (non-hydrogen) atoms. The van der Waals surface area contributed by atoms with Gasteiger partial charge in [0.2, 0.25) is 0 Å². The molecule has 0 spiro atoms. The molecule has 0 amide bonds. The Labute approximate surface area is 107 Å². The fraction of sp³-hybridized carbons (Fsp3) is 1.00. The van der Waals surface area contributed by atoms with Crippen molar-refractivity contribution in [2.45, 2.75) is 46.0 Å². The molecule has 1 aliphatic heterocycles. The number of hydrogen-bond donors (Lipinski definition) is 1. The molecule has 2 fully saturated rings. The molecule has 0 aromatic carbocycles. The summed E-state index contributed by atoms with van der Waals surface area (Å²) in [5.41, 5.74) is 0. The Morgan fingerprint density at radius 2 is 1.76 bits per heavy atom. The number of piperidine rings is 1. The van der Waals surface area contributed by atoms with Gasteiger partial charge in [0.1, 0.15) is 0 Å². The molecule has 2 nitrogen and oxygen atoms in total. The molecule has 100 valence electrons. The van der Waals surface area contributed by atoms with Crippen LogP contribution in [0.1, 0.15) is 46.0 Å². The molecule has 0 radical (unpaired) electrons. The van der Waals surface area contributed by atoms with Crippen molar-refractivity contribution in [1.29, 1.82) is 0 Å². The maximum Gasteiger partial charge on any atom is -0.00156 e. The van der Waals surface area contributed by atoms with Gasteiger partial charge in [-0.1, -0.05) is 26.7 Å². The SMILES string of the molecule is CC(C)CNCC1CCN(CCC2CC2)CC1. The first kappa shape index (κ1) is 13.4. The van der Waals surface area contributed by atoms with Crippen LogP contribution in [0, 0.1) is 17.8 Å². The van der Waals surface area contributed by atoms with Crippen molar-refractivity contribution >= 4 is 0 Å². The van der Waals surface area contributed by atoms with Gasteiger partial charge in [-0.25, -0.2) is 0 Å². The monoisotopic (exact) mass is 238 g/mol. The smallest absolute Gasteiger partial charge is 0.00156 e. The van der Waals surface area contributed by atoms with Crippen LogP contribution in [-0.2, 0) is 0 Å². The second kappa shape index (κ2) is 6.75. The van der Waals surface area contributed by atoms with Gasteiger partial charge in [0, 0.05) is 0 Å². The van der Waals surface area contributed by atoms with E-state index in [1.807, 2.05) is 0 Å². The van der Waals surface area contributed by atoms with Crippen LogP contribution in [0.4, 0.5) is 0 Å². The van der Waals surface area contributed by atoms with E-state index in [4.69, 9.17) is 0 Å². The lowest BCUT2D eigenvalue weighted by Gasteiger charge is -2.32. The maximum absolute atomic E-state index is 3.61. The van der Waals surface area contributed by atoms with Gasteiger partial charge in [0.15, 0.2) is 0 Å².